The summed E-state index contributed by atoms with van der Waals surface area (Å²) < 4.78 is 16.1. The van der Waals surface area contributed by atoms with Gasteiger partial charge in [-0.1, -0.05) is 5.16 Å². The molecule has 25 heavy (non-hydrogen) atoms. The number of ether oxygens (including phenoxy) is 2. The Morgan fingerprint density at radius 3 is 3.16 bits per heavy atom. The number of hydrogen-bond donors (Lipinski definition) is 1. The number of hydrogen-bond acceptors (Lipinski definition) is 7. The van der Waals surface area contributed by atoms with Gasteiger partial charge in [0, 0.05) is 37.5 Å². The van der Waals surface area contributed by atoms with Gasteiger partial charge in [0.15, 0.2) is 0 Å². The zero-order valence-corrected chi connectivity index (χ0v) is 14.0. The zero-order chi connectivity index (χ0) is 17.3. The Balaban J connectivity index is 1.32. The van der Waals surface area contributed by atoms with Crippen molar-refractivity contribution in [3.05, 3.63) is 30.4 Å². The van der Waals surface area contributed by atoms with Crippen LogP contribution in [0, 0.1) is 0 Å². The summed E-state index contributed by atoms with van der Waals surface area (Å²) in [5.41, 5.74) is 0.792. The first-order chi connectivity index (χ1) is 12.3. The van der Waals surface area contributed by atoms with Crippen molar-refractivity contribution in [3.63, 3.8) is 0 Å². The van der Waals surface area contributed by atoms with E-state index in [0.717, 1.165) is 31.4 Å². The average molecular weight is 346 g/mol. The van der Waals surface area contributed by atoms with Crippen LogP contribution in [0.25, 0.3) is 11.4 Å². The first-order valence-electron chi connectivity index (χ1n) is 8.50. The number of carbonyl (C=O) groups is 1. The van der Waals surface area contributed by atoms with Crippen LogP contribution in [0.3, 0.4) is 0 Å². The van der Waals surface area contributed by atoms with Crippen molar-refractivity contribution in [1.29, 1.82) is 0 Å². The van der Waals surface area contributed by atoms with Gasteiger partial charge < -0.3 is 19.3 Å². The summed E-state index contributed by atoms with van der Waals surface area (Å²) in [4.78, 5) is 20.1. The summed E-state index contributed by atoms with van der Waals surface area (Å²) in [5, 5.41) is 6.68. The third-order valence-corrected chi connectivity index (χ3v) is 3.86. The monoisotopic (exact) mass is 346 g/mol. The fraction of sp³-hybridized carbons (Fsp3) is 0.529. The van der Waals surface area contributed by atoms with Crippen molar-refractivity contribution in [2.24, 2.45) is 0 Å². The molecule has 0 aliphatic carbocycles. The van der Waals surface area contributed by atoms with Crippen molar-refractivity contribution in [3.8, 4) is 11.4 Å². The molecule has 2 aromatic heterocycles. The van der Waals surface area contributed by atoms with E-state index < -0.39 is 0 Å². The molecule has 8 nitrogen and oxygen atoms in total. The molecule has 1 saturated heterocycles. The minimum absolute atomic E-state index is 0.0324. The van der Waals surface area contributed by atoms with E-state index in [1.165, 1.54) is 0 Å². The van der Waals surface area contributed by atoms with Gasteiger partial charge in [0.1, 0.15) is 6.61 Å². The first-order valence-corrected chi connectivity index (χ1v) is 8.50. The molecule has 134 valence electrons. The molecule has 3 rings (SSSR count). The molecular weight excluding hydrogens is 324 g/mol. The summed E-state index contributed by atoms with van der Waals surface area (Å²) in [5.74, 6) is 0.795. The van der Waals surface area contributed by atoms with Crippen LogP contribution in [0.15, 0.2) is 29.0 Å². The van der Waals surface area contributed by atoms with Crippen molar-refractivity contribution >= 4 is 5.91 Å². The quantitative estimate of drug-likeness (QED) is 0.770. The van der Waals surface area contributed by atoms with Gasteiger partial charge >= 0.3 is 0 Å². The standard InChI is InChI=1S/C17H22N4O4/c22-15(12-23-11-14-5-1-2-9-24-14)19-8-6-16-20-17(21-25-16)13-4-3-7-18-10-13/h3-4,7,10,14H,1-2,5-6,8-9,11-12H2,(H,19,22)/t14-/m1/s1. The summed E-state index contributed by atoms with van der Waals surface area (Å²) in [6, 6.07) is 3.67. The lowest BCUT2D eigenvalue weighted by atomic mass is 10.1. The van der Waals surface area contributed by atoms with Gasteiger partial charge in [-0.05, 0) is 31.4 Å². The van der Waals surface area contributed by atoms with Gasteiger partial charge in [0.25, 0.3) is 0 Å². The van der Waals surface area contributed by atoms with E-state index in [2.05, 4.69) is 20.4 Å². The van der Waals surface area contributed by atoms with Crippen molar-refractivity contribution in [2.45, 2.75) is 31.8 Å². The van der Waals surface area contributed by atoms with Crippen molar-refractivity contribution < 1.29 is 18.8 Å². The molecule has 2 aromatic rings. The predicted molar refractivity (Wildman–Crippen MR) is 88.7 cm³/mol. The summed E-state index contributed by atoms with van der Waals surface area (Å²) in [6.07, 6.45) is 7.20. The lowest BCUT2D eigenvalue weighted by Gasteiger charge is -2.22. The van der Waals surface area contributed by atoms with Crippen LogP contribution >= 0.6 is 0 Å². The zero-order valence-electron chi connectivity index (χ0n) is 14.0. The lowest BCUT2D eigenvalue weighted by molar-refractivity contribution is -0.127. The van der Waals surface area contributed by atoms with E-state index in [1.807, 2.05) is 12.1 Å². The molecule has 0 saturated carbocycles. The van der Waals surface area contributed by atoms with Gasteiger partial charge in [0.2, 0.25) is 17.6 Å². The normalized spacial score (nSPS) is 17.4. The van der Waals surface area contributed by atoms with E-state index in [4.69, 9.17) is 14.0 Å². The smallest absolute Gasteiger partial charge is 0.246 e. The summed E-state index contributed by atoms with van der Waals surface area (Å²) >= 11 is 0. The molecule has 0 aromatic carbocycles. The summed E-state index contributed by atoms with van der Waals surface area (Å²) in [7, 11) is 0. The molecule has 0 spiro atoms. The fourth-order valence-corrected chi connectivity index (χ4v) is 2.55. The average Bonchev–Trinajstić information content (AvgIpc) is 3.12. The Hall–Kier alpha value is -2.32. The Bertz CT molecular complexity index is 656. The van der Waals surface area contributed by atoms with Crippen LogP contribution < -0.4 is 5.32 Å². The highest BCUT2D eigenvalue weighted by molar-refractivity contribution is 5.77. The van der Waals surface area contributed by atoms with E-state index in [1.54, 1.807) is 12.4 Å². The van der Waals surface area contributed by atoms with Gasteiger partial charge in [-0.2, -0.15) is 4.98 Å². The number of aromatic nitrogens is 3. The lowest BCUT2D eigenvalue weighted by Crippen LogP contribution is -2.32. The topological polar surface area (TPSA) is 99.4 Å². The Morgan fingerprint density at radius 1 is 1.40 bits per heavy atom. The number of amides is 1. The maximum absolute atomic E-state index is 11.7. The second kappa shape index (κ2) is 9.24. The highest BCUT2D eigenvalue weighted by Gasteiger charge is 2.14. The predicted octanol–water partition coefficient (Wildman–Crippen LogP) is 1.38. The molecule has 0 bridgehead atoms. The van der Waals surface area contributed by atoms with Gasteiger partial charge in [0.05, 0.1) is 12.7 Å². The third kappa shape index (κ3) is 5.61. The molecule has 0 unspecified atom stereocenters. The number of pyridine rings is 1. The summed E-state index contributed by atoms with van der Waals surface area (Å²) in [6.45, 7) is 1.69. The number of nitrogens with zero attached hydrogens (tertiary/aromatic N) is 3. The molecular formula is C17H22N4O4. The van der Waals surface area contributed by atoms with Crippen LogP contribution in [-0.2, 0) is 20.7 Å². The first kappa shape index (κ1) is 17.5. The fourth-order valence-electron chi connectivity index (χ4n) is 2.55. The molecule has 8 heteroatoms. The second-order valence-electron chi connectivity index (χ2n) is 5.86. The molecule has 0 radical (unpaired) electrons. The van der Waals surface area contributed by atoms with Crippen LogP contribution in [0.2, 0.25) is 0 Å². The molecule has 1 fully saturated rings. The van der Waals surface area contributed by atoms with Gasteiger partial charge in [-0.3, -0.25) is 9.78 Å². The van der Waals surface area contributed by atoms with Crippen LogP contribution in [0.1, 0.15) is 25.2 Å². The molecule has 3 heterocycles. The molecule has 1 amide bonds. The van der Waals surface area contributed by atoms with Crippen LogP contribution in [0.4, 0.5) is 0 Å². The van der Waals surface area contributed by atoms with Crippen LogP contribution in [0.5, 0.6) is 0 Å². The van der Waals surface area contributed by atoms with Crippen molar-refractivity contribution in [2.75, 3.05) is 26.4 Å². The van der Waals surface area contributed by atoms with Crippen molar-refractivity contribution in [1.82, 2.24) is 20.4 Å². The van der Waals surface area contributed by atoms with E-state index in [9.17, 15) is 4.79 Å². The van der Waals surface area contributed by atoms with Gasteiger partial charge in [-0.25, -0.2) is 0 Å². The maximum atomic E-state index is 11.7. The van der Waals surface area contributed by atoms with E-state index in [0.29, 0.717) is 31.3 Å². The third-order valence-electron chi connectivity index (χ3n) is 3.86. The minimum atomic E-state index is -0.164. The second-order valence-corrected chi connectivity index (χ2v) is 5.86. The molecule has 1 aliphatic heterocycles. The highest BCUT2D eigenvalue weighted by Crippen LogP contribution is 2.14. The van der Waals surface area contributed by atoms with E-state index in [-0.39, 0.29) is 18.6 Å². The Kier molecular flexibility index (Phi) is 6.47. The molecule has 1 N–H and O–H groups in total. The molecule has 1 atom stereocenters. The van der Waals surface area contributed by atoms with Crippen LogP contribution in [-0.4, -0.2) is 53.5 Å². The number of rotatable bonds is 8. The Labute approximate surface area is 145 Å². The minimum Gasteiger partial charge on any atom is -0.376 e. The number of nitrogens with one attached hydrogen (secondary N) is 1. The van der Waals surface area contributed by atoms with E-state index >= 15 is 0 Å². The number of carbonyl (C=O) groups excluding carboxylic acids is 1. The molecule has 1 aliphatic rings. The SMILES string of the molecule is O=C(COC[C@H]1CCCCO1)NCCc1nc(-c2cccnc2)no1. The maximum Gasteiger partial charge on any atom is 0.246 e. The largest absolute Gasteiger partial charge is 0.376 e. The highest BCUT2D eigenvalue weighted by atomic mass is 16.5. The van der Waals surface area contributed by atoms with Gasteiger partial charge in [-0.15, -0.1) is 0 Å². The Morgan fingerprint density at radius 2 is 2.36 bits per heavy atom.